The van der Waals surface area contributed by atoms with E-state index in [4.69, 9.17) is 9.47 Å². The van der Waals surface area contributed by atoms with Crippen LogP contribution in [-0.2, 0) is 14.3 Å². The summed E-state index contributed by atoms with van der Waals surface area (Å²) in [5.74, 6) is -0.00375. The molecule has 0 fully saturated rings. The van der Waals surface area contributed by atoms with Gasteiger partial charge in [-0.05, 0) is 19.1 Å². The lowest BCUT2D eigenvalue weighted by Gasteiger charge is -2.15. The molecule has 0 aromatic rings. The maximum Gasteiger partial charge on any atom is 0.181 e. The summed E-state index contributed by atoms with van der Waals surface area (Å²) in [5.41, 5.74) is 0. The Labute approximate surface area is 59.6 Å². The van der Waals surface area contributed by atoms with Crippen molar-refractivity contribution >= 4 is 5.78 Å². The Kier molecular flexibility index (Phi) is 2.59. The van der Waals surface area contributed by atoms with Crippen LogP contribution in [0.4, 0.5) is 0 Å². The molecule has 3 nitrogen and oxygen atoms in total. The van der Waals surface area contributed by atoms with Gasteiger partial charge < -0.3 is 9.47 Å². The minimum absolute atomic E-state index is 0.00375. The molecule has 0 N–H and O–H groups in total. The summed E-state index contributed by atoms with van der Waals surface area (Å²) in [5, 5.41) is 0. The second kappa shape index (κ2) is 3.49. The summed E-state index contributed by atoms with van der Waals surface area (Å²) < 4.78 is 10.0. The van der Waals surface area contributed by atoms with Crippen LogP contribution in [0.15, 0.2) is 12.2 Å². The first-order valence-corrected chi connectivity index (χ1v) is 3.27. The maximum absolute atomic E-state index is 10.5. The average Bonchev–Trinajstić information content (AvgIpc) is 1.95. The van der Waals surface area contributed by atoms with Crippen molar-refractivity contribution in [3.63, 3.8) is 0 Å². The molecule has 0 spiro atoms. The Morgan fingerprint density at radius 2 is 2.70 bits per heavy atom. The molecule has 0 aliphatic carbocycles. The lowest BCUT2D eigenvalue weighted by atomic mass is 10.3. The molecule has 1 aliphatic rings. The fourth-order valence-electron chi connectivity index (χ4n) is 0.722. The molecule has 1 heterocycles. The van der Waals surface area contributed by atoms with Gasteiger partial charge in [0.2, 0.25) is 0 Å². The van der Waals surface area contributed by atoms with Gasteiger partial charge in [0, 0.05) is 6.61 Å². The van der Waals surface area contributed by atoms with Gasteiger partial charge in [0.05, 0.1) is 0 Å². The molecule has 0 saturated heterocycles. The third kappa shape index (κ3) is 1.93. The van der Waals surface area contributed by atoms with E-state index in [0.717, 1.165) is 0 Å². The van der Waals surface area contributed by atoms with Crippen molar-refractivity contribution in [1.29, 1.82) is 0 Å². The largest absolute Gasteiger partial charge is 0.349 e. The van der Waals surface area contributed by atoms with Gasteiger partial charge in [0.25, 0.3) is 0 Å². The molecule has 0 saturated carbocycles. The van der Waals surface area contributed by atoms with Crippen LogP contribution in [0.25, 0.3) is 0 Å². The summed E-state index contributed by atoms with van der Waals surface area (Å²) in [6.45, 7) is 2.62. The van der Waals surface area contributed by atoms with E-state index in [1.807, 2.05) is 6.92 Å². The number of hydrogen-bond acceptors (Lipinski definition) is 3. The molecule has 0 aromatic carbocycles. The molecule has 1 atom stereocenters. The van der Waals surface area contributed by atoms with Gasteiger partial charge in [0.15, 0.2) is 12.1 Å². The third-order valence-corrected chi connectivity index (χ3v) is 1.16. The minimum Gasteiger partial charge on any atom is -0.349 e. The lowest BCUT2D eigenvalue weighted by Crippen LogP contribution is -2.23. The predicted molar refractivity (Wildman–Crippen MR) is 35.5 cm³/mol. The monoisotopic (exact) mass is 142 g/mol. The highest BCUT2D eigenvalue weighted by Gasteiger charge is 2.11. The zero-order valence-corrected chi connectivity index (χ0v) is 5.87. The minimum atomic E-state index is -0.317. The van der Waals surface area contributed by atoms with Crippen LogP contribution in [-0.4, -0.2) is 25.3 Å². The Bertz CT molecular complexity index is 151. The average molecular weight is 142 g/mol. The highest BCUT2D eigenvalue weighted by Crippen LogP contribution is 2.02. The van der Waals surface area contributed by atoms with Crippen LogP contribution >= 0.6 is 0 Å². The Morgan fingerprint density at radius 1 is 1.90 bits per heavy atom. The molecular formula is C7H10O3. The van der Waals surface area contributed by atoms with E-state index >= 15 is 0 Å². The van der Waals surface area contributed by atoms with E-state index < -0.39 is 0 Å². The zero-order chi connectivity index (χ0) is 7.40. The van der Waals surface area contributed by atoms with Gasteiger partial charge in [-0.1, -0.05) is 0 Å². The fourth-order valence-corrected chi connectivity index (χ4v) is 0.722. The first kappa shape index (κ1) is 7.44. The number of ketones is 1. The standard InChI is InChI=1S/C7H10O3/c1-2-9-7-4-3-6(8)5-10-7/h3-4,7H,2,5H2,1H3/t7-/m1/s1. The number of rotatable bonds is 2. The summed E-state index contributed by atoms with van der Waals surface area (Å²) in [6, 6.07) is 0. The van der Waals surface area contributed by atoms with Crippen molar-refractivity contribution in [2.75, 3.05) is 13.2 Å². The van der Waals surface area contributed by atoms with Crippen molar-refractivity contribution in [2.45, 2.75) is 13.2 Å². The van der Waals surface area contributed by atoms with Crippen LogP contribution in [0.3, 0.4) is 0 Å². The summed E-state index contributed by atoms with van der Waals surface area (Å²) >= 11 is 0. The topological polar surface area (TPSA) is 35.5 Å². The molecule has 3 heteroatoms. The quantitative estimate of drug-likeness (QED) is 0.563. The van der Waals surface area contributed by atoms with Gasteiger partial charge in [-0.25, -0.2) is 0 Å². The molecule has 0 amide bonds. The van der Waals surface area contributed by atoms with E-state index in [0.29, 0.717) is 6.61 Å². The van der Waals surface area contributed by atoms with E-state index in [-0.39, 0.29) is 18.7 Å². The van der Waals surface area contributed by atoms with Crippen LogP contribution < -0.4 is 0 Å². The normalized spacial score (nSPS) is 25.3. The maximum atomic E-state index is 10.5. The Balaban J connectivity index is 2.37. The molecule has 1 rings (SSSR count). The van der Waals surface area contributed by atoms with Crippen molar-refractivity contribution in [1.82, 2.24) is 0 Å². The molecule has 1 aliphatic heterocycles. The summed E-state index contributed by atoms with van der Waals surface area (Å²) in [6.07, 6.45) is 2.79. The highest BCUT2D eigenvalue weighted by atomic mass is 16.7. The zero-order valence-electron chi connectivity index (χ0n) is 5.87. The summed E-state index contributed by atoms with van der Waals surface area (Å²) in [7, 11) is 0. The molecule has 0 aromatic heterocycles. The van der Waals surface area contributed by atoms with Gasteiger partial charge >= 0.3 is 0 Å². The fraction of sp³-hybridized carbons (Fsp3) is 0.571. The van der Waals surface area contributed by atoms with Crippen molar-refractivity contribution in [3.8, 4) is 0 Å². The number of hydrogen-bond donors (Lipinski definition) is 0. The second-order valence-corrected chi connectivity index (χ2v) is 1.96. The van der Waals surface area contributed by atoms with E-state index in [9.17, 15) is 4.79 Å². The number of carbonyl (C=O) groups is 1. The predicted octanol–water partition coefficient (Wildman–Crippen LogP) is 0.504. The Morgan fingerprint density at radius 3 is 3.20 bits per heavy atom. The van der Waals surface area contributed by atoms with Crippen LogP contribution in [0.2, 0.25) is 0 Å². The first-order chi connectivity index (χ1) is 4.83. The van der Waals surface area contributed by atoms with Crippen molar-refractivity contribution in [3.05, 3.63) is 12.2 Å². The first-order valence-electron chi connectivity index (χ1n) is 3.27. The van der Waals surface area contributed by atoms with Gasteiger partial charge in [-0.15, -0.1) is 0 Å². The van der Waals surface area contributed by atoms with Crippen LogP contribution in [0, 0.1) is 0 Å². The van der Waals surface area contributed by atoms with Crippen molar-refractivity contribution in [2.24, 2.45) is 0 Å². The van der Waals surface area contributed by atoms with Gasteiger partial charge in [-0.2, -0.15) is 0 Å². The molecule has 10 heavy (non-hydrogen) atoms. The van der Waals surface area contributed by atoms with Crippen LogP contribution in [0.1, 0.15) is 6.92 Å². The van der Waals surface area contributed by atoms with E-state index in [1.54, 1.807) is 6.08 Å². The molecule has 0 radical (unpaired) electrons. The molecule has 0 bridgehead atoms. The van der Waals surface area contributed by atoms with Gasteiger partial charge in [0.1, 0.15) is 6.61 Å². The molecule has 0 unspecified atom stereocenters. The Hall–Kier alpha value is -0.670. The SMILES string of the molecule is CCO[C@H]1C=CC(=O)CO1. The smallest absolute Gasteiger partial charge is 0.181 e. The van der Waals surface area contributed by atoms with E-state index in [2.05, 4.69) is 0 Å². The number of ether oxygens (including phenoxy) is 2. The van der Waals surface area contributed by atoms with Crippen LogP contribution in [0.5, 0.6) is 0 Å². The van der Waals surface area contributed by atoms with Gasteiger partial charge in [-0.3, -0.25) is 4.79 Å². The van der Waals surface area contributed by atoms with Crippen molar-refractivity contribution < 1.29 is 14.3 Å². The molecular weight excluding hydrogens is 132 g/mol. The summed E-state index contributed by atoms with van der Waals surface area (Å²) in [4.78, 5) is 10.5. The highest BCUT2D eigenvalue weighted by molar-refractivity contribution is 5.91. The second-order valence-electron chi connectivity index (χ2n) is 1.96. The molecule has 56 valence electrons. The third-order valence-electron chi connectivity index (χ3n) is 1.16. The van der Waals surface area contributed by atoms with E-state index in [1.165, 1.54) is 6.08 Å². The lowest BCUT2D eigenvalue weighted by molar-refractivity contribution is -0.140. The number of carbonyl (C=O) groups excluding carboxylic acids is 1.